The molecule has 1 amide bonds. The standard InChI is InChI=1S/C16H20ClFN2O/c1-9-5-6-19-8-14(9)20-16(21)11-7-10(11)15-12(17)3-2-4-13(15)18/h2-4,9-11,14,19H,5-8H2,1H3,(H,20,21). The zero-order chi connectivity index (χ0) is 15.0. The zero-order valence-electron chi connectivity index (χ0n) is 12.0. The Bertz CT molecular complexity index is 531. The lowest BCUT2D eigenvalue weighted by atomic mass is 9.94. The van der Waals surface area contributed by atoms with Crippen LogP contribution in [0.25, 0.3) is 0 Å². The predicted octanol–water partition coefficient (Wildman–Crippen LogP) is 2.70. The Hall–Kier alpha value is -1.13. The van der Waals surface area contributed by atoms with Crippen LogP contribution < -0.4 is 10.6 Å². The average Bonchev–Trinajstić information content (AvgIpc) is 3.21. The van der Waals surface area contributed by atoms with Gasteiger partial charge >= 0.3 is 0 Å². The summed E-state index contributed by atoms with van der Waals surface area (Å²) >= 11 is 6.07. The molecule has 1 aliphatic carbocycles. The van der Waals surface area contributed by atoms with Gasteiger partial charge in [-0.15, -0.1) is 0 Å². The second-order valence-corrected chi connectivity index (χ2v) is 6.58. The van der Waals surface area contributed by atoms with E-state index in [0.717, 1.165) is 19.5 Å². The molecule has 1 saturated heterocycles. The van der Waals surface area contributed by atoms with Crippen LogP contribution in [0.1, 0.15) is 31.2 Å². The first-order chi connectivity index (χ1) is 10.1. The number of halogens is 2. The molecule has 21 heavy (non-hydrogen) atoms. The third-order valence-corrected chi connectivity index (χ3v) is 4.98. The highest BCUT2D eigenvalue weighted by Gasteiger charge is 2.46. The minimum Gasteiger partial charge on any atom is -0.352 e. The van der Waals surface area contributed by atoms with E-state index in [-0.39, 0.29) is 29.6 Å². The second kappa shape index (κ2) is 5.93. The van der Waals surface area contributed by atoms with E-state index in [4.69, 9.17) is 11.6 Å². The van der Waals surface area contributed by atoms with Crippen LogP contribution in [-0.4, -0.2) is 25.0 Å². The van der Waals surface area contributed by atoms with Crippen molar-refractivity contribution < 1.29 is 9.18 Å². The van der Waals surface area contributed by atoms with E-state index in [9.17, 15) is 9.18 Å². The van der Waals surface area contributed by atoms with Crippen LogP contribution in [0.15, 0.2) is 18.2 Å². The molecule has 1 saturated carbocycles. The summed E-state index contributed by atoms with van der Waals surface area (Å²) in [5.41, 5.74) is 0.495. The van der Waals surface area contributed by atoms with Gasteiger partial charge in [0.15, 0.2) is 0 Å². The number of carbonyl (C=O) groups is 1. The fourth-order valence-electron chi connectivity index (χ4n) is 3.14. The van der Waals surface area contributed by atoms with E-state index in [2.05, 4.69) is 17.6 Å². The lowest BCUT2D eigenvalue weighted by Crippen LogP contribution is -2.50. The Morgan fingerprint density at radius 2 is 2.29 bits per heavy atom. The normalized spacial score (nSPS) is 31.8. The Balaban J connectivity index is 1.63. The first kappa shape index (κ1) is 14.8. The van der Waals surface area contributed by atoms with Crippen LogP contribution in [0.2, 0.25) is 5.02 Å². The molecule has 114 valence electrons. The van der Waals surface area contributed by atoms with Gasteiger partial charge in [-0.2, -0.15) is 0 Å². The molecule has 3 nitrogen and oxygen atoms in total. The van der Waals surface area contributed by atoms with Gasteiger partial charge < -0.3 is 10.6 Å². The summed E-state index contributed by atoms with van der Waals surface area (Å²) < 4.78 is 13.9. The van der Waals surface area contributed by atoms with E-state index >= 15 is 0 Å². The molecule has 5 heteroatoms. The monoisotopic (exact) mass is 310 g/mol. The lowest BCUT2D eigenvalue weighted by molar-refractivity contribution is -0.123. The van der Waals surface area contributed by atoms with Crippen molar-refractivity contribution in [2.75, 3.05) is 13.1 Å². The molecule has 1 aromatic carbocycles. The van der Waals surface area contributed by atoms with Gasteiger partial charge in [-0.25, -0.2) is 4.39 Å². The summed E-state index contributed by atoms with van der Waals surface area (Å²) in [4.78, 5) is 12.3. The van der Waals surface area contributed by atoms with E-state index in [1.807, 2.05) is 0 Å². The summed E-state index contributed by atoms with van der Waals surface area (Å²) in [6.07, 6.45) is 1.75. The maximum atomic E-state index is 13.9. The van der Waals surface area contributed by atoms with Crippen molar-refractivity contribution in [2.45, 2.75) is 31.7 Å². The molecular weight excluding hydrogens is 291 g/mol. The van der Waals surface area contributed by atoms with Crippen molar-refractivity contribution >= 4 is 17.5 Å². The SMILES string of the molecule is CC1CCNCC1NC(=O)C1CC1c1c(F)cccc1Cl. The van der Waals surface area contributed by atoms with Crippen LogP contribution in [0.4, 0.5) is 4.39 Å². The largest absolute Gasteiger partial charge is 0.352 e. The maximum absolute atomic E-state index is 13.9. The van der Waals surface area contributed by atoms with Gasteiger partial charge in [-0.05, 0) is 37.4 Å². The van der Waals surface area contributed by atoms with Crippen LogP contribution in [0.5, 0.6) is 0 Å². The van der Waals surface area contributed by atoms with Gasteiger partial charge in [0.05, 0.1) is 0 Å². The quantitative estimate of drug-likeness (QED) is 0.901. The maximum Gasteiger partial charge on any atom is 0.224 e. The number of amides is 1. The summed E-state index contributed by atoms with van der Waals surface area (Å²) in [6.45, 7) is 3.97. The summed E-state index contributed by atoms with van der Waals surface area (Å²) in [6, 6.07) is 4.85. The Morgan fingerprint density at radius 3 is 3.00 bits per heavy atom. The predicted molar refractivity (Wildman–Crippen MR) is 80.8 cm³/mol. The highest BCUT2D eigenvalue weighted by molar-refractivity contribution is 6.31. The van der Waals surface area contributed by atoms with Crippen LogP contribution in [0.3, 0.4) is 0 Å². The molecular formula is C16H20ClFN2O. The highest BCUT2D eigenvalue weighted by Crippen LogP contribution is 2.50. The minimum atomic E-state index is -0.310. The molecule has 1 aromatic rings. The first-order valence-electron chi connectivity index (χ1n) is 7.53. The molecule has 0 aromatic heterocycles. The summed E-state index contributed by atoms with van der Waals surface area (Å²) in [5, 5.41) is 6.82. The Morgan fingerprint density at radius 1 is 1.48 bits per heavy atom. The fourth-order valence-corrected chi connectivity index (χ4v) is 3.44. The summed E-state index contributed by atoms with van der Waals surface area (Å²) in [5.74, 6) is -0.0288. The summed E-state index contributed by atoms with van der Waals surface area (Å²) in [7, 11) is 0. The molecule has 0 bridgehead atoms. The molecule has 2 aliphatic rings. The number of rotatable bonds is 3. The van der Waals surface area contributed by atoms with Gasteiger partial charge in [0.25, 0.3) is 0 Å². The van der Waals surface area contributed by atoms with Crippen LogP contribution in [-0.2, 0) is 4.79 Å². The van der Waals surface area contributed by atoms with Gasteiger partial charge in [-0.3, -0.25) is 4.79 Å². The van der Waals surface area contributed by atoms with E-state index < -0.39 is 0 Å². The highest BCUT2D eigenvalue weighted by atomic mass is 35.5. The van der Waals surface area contributed by atoms with Crippen molar-refractivity contribution in [2.24, 2.45) is 11.8 Å². The molecule has 1 heterocycles. The molecule has 4 atom stereocenters. The average molecular weight is 311 g/mol. The van der Waals surface area contributed by atoms with Gasteiger partial charge in [-0.1, -0.05) is 24.6 Å². The van der Waals surface area contributed by atoms with Crippen molar-refractivity contribution in [1.29, 1.82) is 0 Å². The van der Waals surface area contributed by atoms with Crippen molar-refractivity contribution in [1.82, 2.24) is 10.6 Å². The van der Waals surface area contributed by atoms with Gasteiger partial charge in [0.2, 0.25) is 5.91 Å². The Kier molecular flexibility index (Phi) is 4.18. The Labute approximate surface area is 129 Å². The van der Waals surface area contributed by atoms with Gasteiger partial charge in [0.1, 0.15) is 5.82 Å². The van der Waals surface area contributed by atoms with Crippen molar-refractivity contribution in [3.05, 3.63) is 34.6 Å². The third kappa shape index (κ3) is 3.06. The second-order valence-electron chi connectivity index (χ2n) is 6.17. The van der Waals surface area contributed by atoms with Crippen LogP contribution in [0, 0.1) is 17.7 Å². The van der Waals surface area contributed by atoms with E-state index in [1.165, 1.54) is 6.07 Å². The molecule has 1 aliphatic heterocycles. The van der Waals surface area contributed by atoms with Crippen molar-refractivity contribution in [3.63, 3.8) is 0 Å². The number of piperidine rings is 1. The number of nitrogens with one attached hydrogen (secondary N) is 2. The molecule has 3 rings (SSSR count). The van der Waals surface area contributed by atoms with E-state index in [0.29, 0.717) is 22.9 Å². The smallest absolute Gasteiger partial charge is 0.224 e. The molecule has 2 N–H and O–H groups in total. The minimum absolute atomic E-state index is 0.0277. The fraction of sp³-hybridized carbons (Fsp3) is 0.562. The number of hydrogen-bond donors (Lipinski definition) is 2. The lowest BCUT2D eigenvalue weighted by Gasteiger charge is -2.30. The molecule has 2 fully saturated rings. The number of hydrogen-bond acceptors (Lipinski definition) is 2. The molecule has 0 radical (unpaired) electrons. The topological polar surface area (TPSA) is 41.1 Å². The van der Waals surface area contributed by atoms with Gasteiger partial charge in [0, 0.05) is 35.0 Å². The van der Waals surface area contributed by atoms with E-state index in [1.54, 1.807) is 12.1 Å². The number of carbonyl (C=O) groups excluding carboxylic acids is 1. The van der Waals surface area contributed by atoms with Crippen molar-refractivity contribution in [3.8, 4) is 0 Å². The molecule has 0 spiro atoms. The third-order valence-electron chi connectivity index (χ3n) is 4.65. The number of benzene rings is 1. The van der Waals surface area contributed by atoms with Crippen LogP contribution >= 0.6 is 11.6 Å². The molecule has 4 unspecified atom stereocenters. The first-order valence-corrected chi connectivity index (χ1v) is 7.90. The zero-order valence-corrected chi connectivity index (χ0v) is 12.8.